The minimum Gasteiger partial charge on any atom is -0.275 e. The summed E-state index contributed by atoms with van der Waals surface area (Å²) in [5.74, 6) is 0. The second-order valence-corrected chi connectivity index (χ2v) is 6.22. The van der Waals surface area contributed by atoms with E-state index in [1.165, 1.54) is 0 Å². The maximum atomic E-state index is 6.34. The summed E-state index contributed by atoms with van der Waals surface area (Å²) in [6.45, 7) is 0. The predicted molar refractivity (Wildman–Crippen MR) is 97.2 cm³/mol. The average molecular weight is 355 g/mol. The fourth-order valence-electron chi connectivity index (χ4n) is 2.69. The number of hydrogen-bond acceptors (Lipinski definition) is 3. The summed E-state index contributed by atoms with van der Waals surface area (Å²) in [5, 5.41) is 5.93. The Morgan fingerprint density at radius 2 is 1.62 bits per heavy atom. The molecule has 0 aliphatic rings. The minimum absolute atomic E-state index is 0.409. The van der Waals surface area contributed by atoms with Crippen LogP contribution < -0.4 is 0 Å². The van der Waals surface area contributed by atoms with Crippen LogP contribution in [0.25, 0.3) is 33.2 Å². The molecule has 24 heavy (non-hydrogen) atoms. The molecule has 0 bridgehead atoms. The van der Waals surface area contributed by atoms with E-state index in [0.29, 0.717) is 10.3 Å². The number of halogens is 2. The fourth-order valence-corrected chi connectivity index (χ4v) is 3.09. The third kappa shape index (κ3) is 2.64. The van der Waals surface area contributed by atoms with Crippen molar-refractivity contribution in [3.63, 3.8) is 0 Å². The maximum absolute atomic E-state index is 6.34. The molecule has 0 N–H and O–H groups in total. The van der Waals surface area contributed by atoms with Crippen LogP contribution in [0.1, 0.15) is 0 Å². The number of hydrogen-bond donors (Lipinski definition) is 0. The highest BCUT2D eigenvalue weighted by atomic mass is 35.5. The van der Waals surface area contributed by atoms with E-state index in [1.54, 1.807) is 16.9 Å². The van der Waals surface area contributed by atoms with Crippen molar-refractivity contribution >= 4 is 34.1 Å². The summed E-state index contributed by atoms with van der Waals surface area (Å²) in [6, 6.07) is 11.7. The molecule has 3 aromatic heterocycles. The molecule has 1 aromatic carbocycles. The van der Waals surface area contributed by atoms with Crippen LogP contribution in [0.2, 0.25) is 10.3 Å². The highest BCUT2D eigenvalue weighted by Crippen LogP contribution is 2.34. The molecular weight excluding hydrogens is 343 g/mol. The van der Waals surface area contributed by atoms with E-state index in [4.69, 9.17) is 23.2 Å². The highest BCUT2D eigenvalue weighted by Gasteiger charge is 2.12. The molecule has 0 atom stereocenters. The first-order chi connectivity index (χ1) is 11.6. The number of nitrogens with zero attached hydrogens (tertiary/aromatic N) is 4. The summed E-state index contributed by atoms with van der Waals surface area (Å²) < 4.78 is 1.78. The van der Waals surface area contributed by atoms with E-state index in [0.717, 1.165) is 33.2 Å². The third-order valence-corrected chi connectivity index (χ3v) is 4.36. The average Bonchev–Trinajstić information content (AvgIpc) is 3.01. The molecule has 0 radical (unpaired) electrons. The lowest BCUT2D eigenvalue weighted by Gasteiger charge is -2.09. The van der Waals surface area contributed by atoms with Crippen LogP contribution in [0.15, 0.2) is 55.0 Å². The van der Waals surface area contributed by atoms with Gasteiger partial charge in [0, 0.05) is 36.0 Å². The van der Waals surface area contributed by atoms with Gasteiger partial charge in [-0.1, -0.05) is 47.5 Å². The molecular formula is C18H12Cl2N4. The van der Waals surface area contributed by atoms with Crippen LogP contribution in [-0.4, -0.2) is 19.7 Å². The third-order valence-electron chi connectivity index (χ3n) is 3.86. The van der Waals surface area contributed by atoms with E-state index >= 15 is 0 Å². The van der Waals surface area contributed by atoms with Crippen molar-refractivity contribution in [2.24, 2.45) is 7.05 Å². The van der Waals surface area contributed by atoms with Crippen LogP contribution in [-0.2, 0) is 7.05 Å². The molecule has 0 saturated carbocycles. The predicted octanol–water partition coefficient (Wildman–Crippen LogP) is 5.00. The van der Waals surface area contributed by atoms with Gasteiger partial charge in [0.15, 0.2) is 0 Å². The van der Waals surface area contributed by atoms with E-state index in [-0.39, 0.29) is 0 Å². The highest BCUT2D eigenvalue weighted by molar-refractivity contribution is 6.34. The molecule has 4 rings (SSSR count). The molecule has 4 aromatic rings. The van der Waals surface area contributed by atoms with E-state index in [1.807, 2.05) is 49.8 Å². The SMILES string of the molecule is Cn1cc(-c2ccc(-c3c(Cl)ncc4ccc(Cl)nc34)cc2)cn1. The van der Waals surface area contributed by atoms with Crippen LogP contribution >= 0.6 is 23.2 Å². The molecule has 3 heterocycles. The Labute approximate surface area is 148 Å². The largest absolute Gasteiger partial charge is 0.275 e. The van der Waals surface area contributed by atoms with E-state index in [9.17, 15) is 0 Å². The second kappa shape index (κ2) is 5.89. The van der Waals surface area contributed by atoms with Crippen molar-refractivity contribution in [2.75, 3.05) is 0 Å². The number of pyridine rings is 2. The van der Waals surface area contributed by atoms with Crippen molar-refractivity contribution in [1.82, 2.24) is 19.7 Å². The lowest BCUT2D eigenvalue weighted by atomic mass is 10.0. The van der Waals surface area contributed by atoms with Gasteiger partial charge in [0.25, 0.3) is 0 Å². The zero-order valence-electron chi connectivity index (χ0n) is 12.7. The Morgan fingerprint density at radius 3 is 2.33 bits per heavy atom. The van der Waals surface area contributed by atoms with Crippen molar-refractivity contribution in [3.05, 3.63) is 65.3 Å². The van der Waals surface area contributed by atoms with Crippen LogP contribution in [0.3, 0.4) is 0 Å². The molecule has 4 nitrogen and oxygen atoms in total. The van der Waals surface area contributed by atoms with Gasteiger partial charge in [-0.15, -0.1) is 0 Å². The van der Waals surface area contributed by atoms with Gasteiger partial charge >= 0.3 is 0 Å². The number of aromatic nitrogens is 4. The van der Waals surface area contributed by atoms with Gasteiger partial charge < -0.3 is 0 Å². The smallest absolute Gasteiger partial charge is 0.139 e. The van der Waals surface area contributed by atoms with Gasteiger partial charge in [0.05, 0.1) is 11.7 Å². The first-order valence-electron chi connectivity index (χ1n) is 7.32. The Morgan fingerprint density at radius 1 is 0.875 bits per heavy atom. The molecule has 6 heteroatoms. The Balaban J connectivity index is 1.85. The summed E-state index contributed by atoms with van der Waals surface area (Å²) in [6.07, 6.45) is 5.51. The number of aryl methyl sites for hydroxylation is 1. The Kier molecular flexibility index (Phi) is 3.71. The summed E-state index contributed by atoms with van der Waals surface area (Å²) in [7, 11) is 1.90. The zero-order valence-corrected chi connectivity index (χ0v) is 14.3. The lowest BCUT2D eigenvalue weighted by molar-refractivity contribution is 0.768. The zero-order chi connectivity index (χ0) is 16.7. The van der Waals surface area contributed by atoms with E-state index in [2.05, 4.69) is 15.1 Å². The van der Waals surface area contributed by atoms with Crippen LogP contribution in [0.4, 0.5) is 0 Å². The maximum Gasteiger partial charge on any atom is 0.139 e. The molecule has 0 saturated heterocycles. The minimum atomic E-state index is 0.409. The summed E-state index contributed by atoms with van der Waals surface area (Å²) in [5.41, 5.74) is 4.63. The number of rotatable bonds is 2. The van der Waals surface area contributed by atoms with Crippen molar-refractivity contribution < 1.29 is 0 Å². The quantitative estimate of drug-likeness (QED) is 0.475. The molecule has 118 valence electrons. The van der Waals surface area contributed by atoms with Gasteiger partial charge in [-0.05, 0) is 23.3 Å². The lowest BCUT2D eigenvalue weighted by Crippen LogP contribution is -1.90. The first-order valence-corrected chi connectivity index (χ1v) is 8.07. The second-order valence-electron chi connectivity index (χ2n) is 5.48. The number of benzene rings is 1. The summed E-state index contributed by atoms with van der Waals surface area (Å²) in [4.78, 5) is 8.69. The molecule has 0 aliphatic carbocycles. The topological polar surface area (TPSA) is 43.6 Å². The van der Waals surface area contributed by atoms with Gasteiger partial charge in [-0.3, -0.25) is 4.68 Å². The first kappa shape index (κ1) is 15.1. The van der Waals surface area contributed by atoms with Crippen LogP contribution in [0, 0.1) is 0 Å². The Bertz CT molecular complexity index is 1030. The van der Waals surface area contributed by atoms with Gasteiger partial charge in [-0.2, -0.15) is 5.10 Å². The van der Waals surface area contributed by atoms with E-state index < -0.39 is 0 Å². The molecule has 0 unspecified atom stereocenters. The van der Waals surface area contributed by atoms with Gasteiger partial charge in [0.1, 0.15) is 10.3 Å². The monoisotopic (exact) mass is 354 g/mol. The molecule has 0 fully saturated rings. The molecule has 0 amide bonds. The molecule has 0 aliphatic heterocycles. The van der Waals surface area contributed by atoms with Gasteiger partial charge in [0.2, 0.25) is 0 Å². The summed E-state index contributed by atoms with van der Waals surface area (Å²) >= 11 is 12.4. The van der Waals surface area contributed by atoms with Crippen molar-refractivity contribution in [2.45, 2.75) is 0 Å². The standard InChI is InChI=1S/C18H12Cl2N4/c1-24-10-14(9-22-24)11-2-4-12(5-3-11)16-17-13(8-21-18(16)20)6-7-15(19)23-17/h2-10H,1H3. The molecule has 0 spiro atoms. The van der Waals surface area contributed by atoms with Crippen molar-refractivity contribution in [1.29, 1.82) is 0 Å². The van der Waals surface area contributed by atoms with Crippen LogP contribution in [0.5, 0.6) is 0 Å². The Hall–Kier alpha value is -2.43. The number of fused-ring (bicyclic) bond motifs is 1. The van der Waals surface area contributed by atoms with Crippen molar-refractivity contribution in [3.8, 4) is 22.3 Å². The fraction of sp³-hybridized carbons (Fsp3) is 0.0556. The van der Waals surface area contributed by atoms with Gasteiger partial charge in [-0.25, -0.2) is 9.97 Å². The normalized spacial score (nSPS) is 11.1.